The van der Waals surface area contributed by atoms with Crippen LogP contribution in [0.25, 0.3) is 22.4 Å². The van der Waals surface area contributed by atoms with E-state index in [2.05, 4.69) is 30.9 Å². The van der Waals surface area contributed by atoms with Gasteiger partial charge in [0.05, 0.1) is 11.9 Å². The van der Waals surface area contributed by atoms with Crippen molar-refractivity contribution in [3.63, 3.8) is 0 Å². The van der Waals surface area contributed by atoms with E-state index in [1.165, 1.54) is 0 Å². The zero-order valence-electron chi connectivity index (χ0n) is 15.9. The van der Waals surface area contributed by atoms with E-state index >= 15 is 0 Å². The molecular weight excluding hydrogens is 364 g/mol. The summed E-state index contributed by atoms with van der Waals surface area (Å²) in [5.41, 5.74) is 4.80. The molecule has 0 saturated carbocycles. The Morgan fingerprint density at radius 3 is 2.41 bits per heavy atom. The van der Waals surface area contributed by atoms with E-state index in [4.69, 9.17) is 0 Å². The van der Waals surface area contributed by atoms with Crippen LogP contribution in [0, 0.1) is 0 Å². The molecule has 29 heavy (non-hydrogen) atoms. The second kappa shape index (κ2) is 8.35. The Balaban J connectivity index is 1.55. The molecule has 0 radical (unpaired) electrons. The Hall–Kier alpha value is -4.00. The van der Waals surface area contributed by atoms with Crippen molar-refractivity contribution in [2.75, 3.05) is 17.2 Å². The average molecular weight is 384 g/mol. The van der Waals surface area contributed by atoms with Gasteiger partial charge in [0.15, 0.2) is 5.65 Å². The van der Waals surface area contributed by atoms with Gasteiger partial charge in [-0.15, -0.1) is 0 Å². The predicted octanol–water partition coefficient (Wildman–Crippen LogP) is 4.58. The highest BCUT2D eigenvalue weighted by Gasteiger charge is 2.07. The molecule has 0 aliphatic carbocycles. The second-order valence-corrected chi connectivity index (χ2v) is 6.35. The number of carbonyl (C=O) groups excluding carboxylic acids is 1. The Bertz CT molecular complexity index is 1130. The van der Waals surface area contributed by atoms with E-state index in [0.717, 1.165) is 16.9 Å². The summed E-state index contributed by atoms with van der Waals surface area (Å²) in [6.07, 6.45) is 1.72. The Labute approximate surface area is 168 Å². The van der Waals surface area contributed by atoms with Crippen LogP contribution in [-0.4, -0.2) is 27.5 Å². The van der Waals surface area contributed by atoms with Crippen molar-refractivity contribution in [1.29, 1.82) is 0 Å². The van der Waals surface area contributed by atoms with Gasteiger partial charge < -0.3 is 10.6 Å². The highest BCUT2D eigenvalue weighted by Crippen LogP contribution is 2.23. The van der Waals surface area contributed by atoms with Crippen molar-refractivity contribution in [2.24, 2.45) is 0 Å². The number of para-hydroxylation sites is 1. The third-order valence-corrected chi connectivity index (χ3v) is 4.23. The lowest BCUT2D eigenvalue weighted by molar-refractivity contribution is 0.252. The second-order valence-electron chi connectivity index (χ2n) is 6.35. The molecule has 2 amide bonds. The van der Waals surface area contributed by atoms with Gasteiger partial charge in [0.1, 0.15) is 11.3 Å². The lowest BCUT2D eigenvalue weighted by Crippen LogP contribution is -2.28. The van der Waals surface area contributed by atoms with Crippen LogP contribution in [0.5, 0.6) is 0 Å². The van der Waals surface area contributed by atoms with Crippen LogP contribution in [-0.2, 0) is 0 Å². The van der Waals surface area contributed by atoms with E-state index < -0.39 is 0 Å². The first kappa shape index (κ1) is 18.4. The van der Waals surface area contributed by atoms with Gasteiger partial charge in [-0.2, -0.15) is 0 Å². The van der Waals surface area contributed by atoms with E-state index in [1.54, 1.807) is 18.3 Å². The SMILES string of the molecule is CCNC(=O)Nc1ccc2ncc(-c3ccc(Nc4ccccc4)cc3)nc2n1. The molecule has 3 N–H and O–H groups in total. The lowest BCUT2D eigenvalue weighted by atomic mass is 10.1. The molecule has 2 heterocycles. The van der Waals surface area contributed by atoms with Gasteiger partial charge in [-0.25, -0.2) is 14.8 Å². The summed E-state index contributed by atoms with van der Waals surface area (Å²) in [6, 6.07) is 21.1. The monoisotopic (exact) mass is 384 g/mol. The minimum Gasteiger partial charge on any atom is -0.356 e. The molecule has 0 fully saturated rings. The van der Waals surface area contributed by atoms with Crippen LogP contribution in [0.2, 0.25) is 0 Å². The fourth-order valence-corrected chi connectivity index (χ4v) is 2.84. The van der Waals surface area contributed by atoms with Gasteiger partial charge in [-0.05, 0) is 43.3 Å². The van der Waals surface area contributed by atoms with E-state index in [0.29, 0.717) is 29.2 Å². The molecule has 7 heteroatoms. The van der Waals surface area contributed by atoms with Crippen LogP contribution in [0.1, 0.15) is 6.92 Å². The Kier molecular flexibility index (Phi) is 5.29. The van der Waals surface area contributed by atoms with Crippen LogP contribution in [0.15, 0.2) is 72.9 Å². The number of hydrogen-bond acceptors (Lipinski definition) is 5. The normalized spacial score (nSPS) is 10.5. The van der Waals surface area contributed by atoms with Crippen LogP contribution >= 0.6 is 0 Å². The standard InChI is InChI=1S/C22H20N6O/c1-2-23-22(29)28-20-13-12-18-21(27-20)26-19(14-24-18)15-8-10-17(11-9-15)25-16-6-4-3-5-7-16/h3-14,25H,2H2,1H3,(H2,23,26,27,28,29). The molecule has 7 nitrogen and oxygen atoms in total. The molecule has 4 aromatic rings. The molecule has 0 aliphatic heterocycles. The number of urea groups is 1. The maximum absolute atomic E-state index is 11.7. The number of anilines is 3. The first-order chi connectivity index (χ1) is 14.2. The fourth-order valence-electron chi connectivity index (χ4n) is 2.84. The van der Waals surface area contributed by atoms with Gasteiger partial charge in [0.2, 0.25) is 0 Å². The Morgan fingerprint density at radius 1 is 0.897 bits per heavy atom. The summed E-state index contributed by atoms with van der Waals surface area (Å²) in [4.78, 5) is 25.1. The zero-order chi connectivity index (χ0) is 20.1. The zero-order valence-corrected chi connectivity index (χ0v) is 15.9. The number of aromatic nitrogens is 3. The molecule has 0 atom stereocenters. The fraction of sp³-hybridized carbons (Fsp3) is 0.0909. The number of benzene rings is 2. The smallest absolute Gasteiger partial charge is 0.320 e. The number of nitrogens with one attached hydrogen (secondary N) is 3. The van der Waals surface area contributed by atoms with E-state index in [9.17, 15) is 4.79 Å². The summed E-state index contributed by atoms with van der Waals surface area (Å²) in [6.45, 7) is 2.39. The van der Waals surface area contributed by atoms with Gasteiger partial charge >= 0.3 is 6.03 Å². The maximum atomic E-state index is 11.7. The topological polar surface area (TPSA) is 91.8 Å². The molecule has 0 spiro atoms. The predicted molar refractivity (Wildman–Crippen MR) is 115 cm³/mol. The molecule has 0 bridgehead atoms. The molecule has 2 aromatic heterocycles. The highest BCUT2D eigenvalue weighted by atomic mass is 16.2. The van der Waals surface area contributed by atoms with Gasteiger partial charge in [0, 0.05) is 23.5 Å². The van der Waals surface area contributed by atoms with Crippen molar-refractivity contribution in [1.82, 2.24) is 20.3 Å². The minimum atomic E-state index is -0.301. The highest BCUT2D eigenvalue weighted by molar-refractivity contribution is 5.89. The molecule has 2 aromatic carbocycles. The summed E-state index contributed by atoms with van der Waals surface area (Å²) in [7, 11) is 0. The number of fused-ring (bicyclic) bond motifs is 1. The van der Waals surface area contributed by atoms with Crippen molar-refractivity contribution >= 4 is 34.4 Å². The summed E-state index contributed by atoms with van der Waals surface area (Å²) in [5.74, 6) is 0.428. The van der Waals surface area contributed by atoms with E-state index in [-0.39, 0.29) is 6.03 Å². The molecule has 0 aliphatic rings. The van der Waals surface area contributed by atoms with Crippen LogP contribution < -0.4 is 16.0 Å². The molecular formula is C22H20N6O. The number of hydrogen-bond donors (Lipinski definition) is 3. The number of nitrogens with zero attached hydrogens (tertiary/aromatic N) is 3. The third kappa shape index (κ3) is 4.47. The van der Waals surface area contributed by atoms with Crippen LogP contribution in [0.3, 0.4) is 0 Å². The number of amides is 2. The average Bonchev–Trinajstić information content (AvgIpc) is 2.75. The summed E-state index contributed by atoms with van der Waals surface area (Å²) < 4.78 is 0. The van der Waals surface area contributed by atoms with Crippen molar-refractivity contribution in [3.05, 3.63) is 72.9 Å². The van der Waals surface area contributed by atoms with Crippen LogP contribution in [0.4, 0.5) is 22.0 Å². The number of pyridine rings is 1. The largest absolute Gasteiger partial charge is 0.356 e. The molecule has 0 unspecified atom stereocenters. The van der Waals surface area contributed by atoms with Crippen molar-refractivity contribution < 1.29 is 4.79 Å². The quantitative estimate of drug-likeness (QED) is 0.468. The number of carbonyl (C=O) groups is 1. The molecule has 4 rings (SSSR count). The van der Waals surface area contributed by atoms with Crippen molar-refractivity contribution in [2.45, 2.75) is 6.92 Å². The number of rotatable bonds is 5. The minimum absolute atomic E-state index is 0.301. The van der Waals surface area contributed by atoms with Gasteiger partial charge in [-0.1, -0.05) is 30.3 Å². The Morgan fingerprint density at radius 2 is 1.66 bits per heavy atom. The third-order valence-electron chi connectivity index (χ3n) is 4.23. The van der Waals surface area contributed by atoms with E-state index in [1.807, 2.05) is 61.5 Å². The van der Waals surface area contributed by atoms with Gasteiger partial charge in [0.25, 0.3) is 0 Å². The maximum Gasteiger partial charge on any atom is 0.320 e. The summed E-state index contributed by atoms with van der Waals surface area (Å²) >= 11 is 0. The molecule has 0 saturated heterocycles. The first-order valence-corrected chi connectivity index (χ1v) is 9.32. The summed E-state index contributed by atoms with van der Waals surface area (Å²) in [5, 5.41) is 8.71. The first-order valence-electron chi connectivity index (χ1n) is 9.32. The van der Waals surface area contributed by atoms with Crippen molar-refractivity contribution in [3.8, 4) is 11.3 Å². The lowest BCUT2D eigenvalue weighted by Gasteiger charge is -2.08. The molecule has 144 valence electrons. The van der Waals surface area contributed by atoms with Gasteiger partial charge in [-0.3, -0.25) is 10.3 Å².